The lowest BCUT2D eigenvalue weighted by atomic mass is 9.88. The summed E-state index contributed by atoms with van der Waals surface area (Å²) in [4.78, 5) is 14.9. The summed E-state index contributed by atoms with van der Waals surface area (Å²) >= 11 is 1.64. The smallest absolute Gasteiger partial charge is 0.223 e. The molecule has 8 nitrogen and oxygen atoms in total. The van der Waals surface area contributed by atoms with Gasteiger partial charge in [-0.3, -0.25) is 9.36 Å². The summed E-state index contributed by atoms with van der Waals surface area (Å²) in [6.45, 7) is 5.92. The predicted octanol–water partition coefficient (Wildman–Crippen LogP) is 2.75. The number of amides is 1. The van der Waals surface area contributed by atoms with Gasteiger partial charge in [-0.1, -0.05) is 17.8 Å². The van der Waals surface area contributed by atoms with Crippen molar-refractivity contribution in [2.45, 2.75) is 44.0 Å². The second kappa shape index (κ2) is 10.5. The van der Waals surface area contributed by atoms with Gasteiger partial charge in [0.15, 0.2) is 11.0 Å². The van der Waals surface area contributed by atoms with Crippen LogP contribution in [0.15, 0.2) is 29.4 Å². The van der Waals surface area contributed by atoms with Gasteiger partial charge in [-0.15, -0.1) is 10.2 Å². The van der Waals surface area contributed by atoms with E-state index >= 15 is 0 Å². The highest BCUT2D eigenvalue weighted by atomic mass is 32.2. The number of carbonyl (C=O) groups is 1. The van der Waals surface area contributed by atoms with Crippen LogP contribution in [0.1, 0.15) is 32.5 Å². The molecule has 1 saturated heterocycles. The molecule has 1 aromatic heterocycles. The first-order chi connectivity index (χ1) is 14.8. The second-order valence-electron chi connectivity index (χ2n) is 8.60. The molecule has 1 N–H and O–H groups in total. The zero-order valence-corrected chi connectivity index (χ0v) is 19.9. The number of hydrogen-bond donors (Lipinski definition) is 1. The van der Waals surface area contributed by atoms with Gasteiger partial charge in [0.05, 0.1) is 24.9 Å². The number of ether oxygens (including phenoxy) is 2. The fraction of sp³-hybridized carbons (Fsp3) is 0.591. The molecule has 0 saturated carbocycles. The second-order valence-corrected chi connectivity index (χ2v) is 9.67. The van der Waals surface area contributed by atoms with Crippen molar-refractivity contribution >= 4 is 17.7 Å². The molecule has 0 aliphatic carbocycles. The van der Waals surface area contributed by atoms with Gasteiger partial charge in [0.25, 0.3) is 0 Å². The van der Waals surface area contributed by atoms with Crippen LogP contribution in [-0.4, -0.2) is 71.3 Å². The molecule has 1 aliphatic rings. The number of rotatable bonds is 9. The molecule has 2 aromatic rings. The monoisotopic (exact) mass is 447 g/mol. The van der Waals surface area contributed by atoms with Crippen LogP contribution in [-0.2, 0) is 16.1 Å². The van der Waals surface area contributed by atoms with Crippen molar-refractivity contribution in [3.8, 4) is 11.4 Å². The number of benzene rings is 1. The summed E-state index contributed by atoms with van der Waals surface area (Å²) in [5.74, 6) is 2.33. The minimum absolute atomic E-state index is 0.0402. The lowest BCUT2D eigenvalue weighted by molar-refractivity contribution is -0.135. The molecule has 0 radical (unpaired) electrons. The minimum Gasteiger partial charge on any atom is -0.497 e. The first kappa shape index (κ1) is 23.6. The summed E-state index contributed by atoms with van der Waals surface area (Å²) < 4.78 is 13.1. The first-order valence-corrected chi connectivity index (χ1v) is 11.6. The molecule has 31 heavy (non-hydrogen) atoms. The van der Waals surface area contributed by atoms with Gasteiger partial charge in [-0.05, 0) is 52.9 Å². The Bertz CT molecular complexity index is 884. The summed E-state index contributed by atoms with van der Waals surface area (Å²) in [6, 6.07) is 7.79. The molecule has 170 valence electrons. The van der Waals surface area contributed by atoms with Gasteiger partial charge < -0.3 is 19.7 Å². The van der Waals surface area contributed by atoms with Gasteiger partial charge in [0, 0.05) is 30.9 Å². The third-order valence-electron chi connectivity index (χ3n) is 5.27. The third kappa shape index (κ3) is 6.44. The van der Waals surface area contributed by atoms with E-state index in [0.29, 0.717) is 25.4 Å². The Labute approximate surface area is 188 Å². The summed E-state index contributed by atoms with van der Waals surface area (Å²) in [5, 5.41) is 12.7. The van der Waals surface area contributed by atoms with Crippen molar-refractivity contribution in [2.24, 2.45) is 5.92 Å². The molecule has 1 aromatic carbocycles. The van der Waals surface area contributed by atoms with Crippen molar-refractivity contribution in [1.82, 2.24) is 25.0 Å². The van der Waals surface area contributed by atoms with E-state index in [1.54, 1.807) is 18.9 Å². The molecule has 0 spiro atoms. The highest BCUT2D eigenvalue weighted by Gasteiger charge is 2.33. The highest BCUT2D eigenvalue weighted by Crippen LogP contribution is 2.29. The van der Waals surface area contributed by atoms with E-state index in [4.69, 9.17) is 9.47 Å². The Kier molecular flexibility index (Phi) is 7.96. The SMILES string of the molecule is COc1cccc(-n2c(CNC(=O)[C@H]3CCOC(C)(C)C3)nnc2SCCN(C)C)c1. The molecule has 1 amide bonds. The molecule has 9 heteroatoms. The first-order valence-electron chi connectivity index (χ1n) is 10.6. The molecular formula is C22H33N5O3S. The van der Waals surface area contributed by atoms with Crippen LogP contribution in [0.3, 0.4) is 0 Å². The van der Waals surface area contributed by atoms with E-state index in [-0.39, 0.29) is 17.4 Å². The van der Waals surface area contributed by atoms with Gasteiger partial charge in [0.1, 0.15) is 5.75 Å². The Balaban J connectivity index is 1.77. The zero-order valence-electron chi connectivity index (χ0n) is 19.1. The van der Waals surface area contributed by atoms with Crippen LogP contribution >= 0.6 is 11.8 Å². The summed E-state index contributed by atoms with van der Waals surface area (Å²) in [5.41, 5.74) is 0.644. The quantitative estimate of drug-likeness (QED) is 0.592. The van der Waals surface area contributed by atoms with Crippen LogP contribution in [0.25, 0.3) is 5.69 Å². The molecule has 1 atom stereocenters. The van der Waals surface area contributed by atoms with Crippen LogP contribution in [0.2, 0.25) is 0 Å². The van der Waals surface area contributed by atoms with E-state index in [9.17, 15) is 4.79 Å². The Morgan fingerprint density at radius 1 is 1.39 bits per heavy atom. The molecule has 0 unspecified atom stereocenters. The van der Waals surface area contributed by atoms with Crippen molar-refractivity contribution in [3.63, 3.8) is 0 Å². The topological polar surface area (TPSA) is 81.5 Å². The average Bonchev–Trinajstić information content (AvgIpc) is 3.13. The van der Waals surface area contributed by atoms with E-state index in [1.807, 2.05) is 56.8 Å². The van der Waals surface area contributed by atoms with Crippen LogP contribution in [0.4, 0.5) is 0 Å². The Morgan fingerprint density at radius 3 is 2.90 bits per heavy atom. The van der Waals surface area contributed by atoms with Crippen molar-refractivity contribution in [1.29, 1.82) is 0 Å². The maximum Gasteiger partial charge on any atom is 0.223 e. The molecular weight excluding hydrogens is 414 g/mol. The lowest BCUT2D eigenvalue weighted by Gasteiger charge is -2.34. The fourth-order valence-electron chi connectivity index (χ4n) is 3.60. The zero-order chi connectivity index (χ0) is 22.4. The number of aromatic nitrogens is 3. The largest absolute Gasteiger partial charge is 0.497 e. The molecule has 1 fully saturated rings. The van der Waals surface area contributed by atoms with Gasteiger partial charge in [-0.25, -0.2) is 0 Å². The fourth-order valence-corrected chi connectivity index (χ4v) is 4.68. The highest BCUT2D eigenvalue weighted by molar-refractivity contribution is 7.99. The van der Waals surface area contributed by atoms with Crippen molar-refractivity contribution < 1.29 is 14.3 Å². The number of methoxy groups -OCH3 is 1. The van der Waals surface area contributed by atoms with Crippen LogP contribution < -0.4 is 10.1 Å². The number of nitrogens with one attached hydrogen (secondary N) is 1. The standard InChI is InChI=1S/C22H33N5O3S/c1-22(2)14-16(9-11-30-22)20(28)23-15-19-24-25-21(31-12-10-26(3)4)27(19)17-7-6-8-18(13-17)29-5/h6-8,13,16H,9-12,14-15H2,1-5H3,(H,23,28)/t16-/m0/s1. The maximum absolute atomic E-state index is 12.8. The normalized spacial score (nSPS) is 18.2. The van der Waals surface area contributed by atoms with Crippen molar-refractivity contribution in [3.05, 3.63) is 30.1 Å². The van der Waals surface area contributed by atoms with E-state index in [1.165, 1.54) is 0 Å². The summed E-state index contributed by atoms with van der Waals surface area (Å²) in [6.07, 6.45) is 1.45. The van der Waals surface area contributed by atoms with Crippen LogP contribution in [0.5, 0.6) is 5.75 Å². The molecule has 2 heterocycles. The van der Waals surface area contributed by atoms with Gasteiger partial charge >= 0.3 is 0 Å². The van der Waals surface area contributed by atoms with Gasteiger partial charge in [-0.2, -0.15) is 0 Å². The lowest BCUT2D eigenvalue weighted by Crippen LogP contribution is -2.41. The van der Waals surface area contributed by atoms with E-state index in [0.717, 1.165) is 35.3 Å². The number of hydrogen-bond acceptors (Lipinski definition) is 7. The average molecular weight is 448 g/mol. The number of carbonyl (C=O) groups excluding carboxylic acids is 1. The van der Waals surface area contributed by atoms with Crippen LogP contribution in [0, 0.1) is 5.92 Å². The maximum atomic E-state index is 12.8. The molecule has 1 aliphatic heterocycles. The van der Waals surface area contributed by atoms with E-state index in [2.05, 4.69) is 20.4 Å². The third-order valence-corrected chi connectivity index (χ3v) is 6.18. The van der Waals surface area contributed by atoms with Crippen molar-refractivity contribution in [2.75, 3.05) is 40.1 Å². The summed E-state index contributed by atoms with van der Waals surface area (Å²) in [7, 11) is 5.74. The Hall–Kier alpha value is -2.10. The molecule has 3 rings (SSSR count). The Morgan fingerprint density at radius 2 is 2.19 bits per heavy atom. The predicted molar refractivity (Wildman–Crippen MR) is 122 cm³/mol. The minimum atomic E-state index is -0.267. The van der Waals surface area contributed by atoms with E-state index < -0.39 is 0 Å². The number of thioether (sulfide) groups is 1. The van der Waals surface area contributed by atoms with Gasteiger partial charge in [0.2, 0.25) is 5.91 Å². The number of nitrogens with zero attached hydrogens (tertiary/aromatic N) is 4. The molecule has 0 bridgehead atoms.